The van der Waals surface area contributed by atoms with E-state index in [-0.39, 0.29) is 18.0 Å². The number of carbonyl (C=O) groups is 1. The summed E-state index contributed by atoms with van der Waals surface area (Å²) in [6.07, 6.45) is 14.0. The molecule has 1 aromatic carbocycles. The second-order valence-corrected chi connectivity index (χ2v) is 9.21. The third-order valence-corrected chi connectivity index (χ3v) is 6.18. The highest BCUT2D eigenvalue weighted by Crippen LogP contribution is 2.33. The molecule has 0 spiro atoms. The number of hydrogen-bond acceptors (Lipinski definition) is 4. The van der Waals surface area contributed by atoms with Crippen molar-refractivity contribution in [2.24, 2.45) is 5.92 Å². The summed E-state index contributed by atoms with van der Waals surface area (Å²) in [6.45, 7) is 12.3. The number of hydrogen-bond donors (Lipinski definition) is 2. The number of carbonyl (C=O) groups excluding carboxylic acids is 1. The molecule has 0 fully saturated rings. The van der Waals surface area contributed by atoms with E-state index in [1.807, 2.05) is 69.0 Å². The number of aromatic nitrogens is 5. The van der Waals surface area contributed by atoms with E-state index in [9.17, 15) is 4.79 Å². The number of benzene rings is 1. The standard InChI is InChI=1S/C25H28N6O.C2H6.C2H2/c1-14(2)27-25(32)18-7-5-17(6-8-18)16(4)31-13-20-11-19(12-26-24(20)30-31)23-21-9-15(3)10-22(21)28-29-23;2*1-2/h5-8,11-16H,9-10H2,1-4H3,(H,27,32)(H,28,29);1-2H3;1-2H/t15-,16?;;/m0../s1. The van der Waals surface area contributed by atoms with Gasteiger partial charge in [0.15, 0.2) is 5.65 Å². The maximum absolute atomic E-state index is 12.2. The van der Waals surface area contributed by atoms with Crippen LogP contribution in [0.1, 0.15) is 74.8 Å². The minimum Gasteiger partial charge on any atom is -0.350 e. The van der Waals surface area contributed by atoms with Gasteiger partial charge in [0, 0.05) is 46.2 Å². The normalized spacial score (nSPS) is 14.9. The fraction of sp³-hybridized carbons (Fsp3) is 0.379. The molecule has 1 unspecified atom stereocenters. The van der Waals surface area contributed by atoms with Crippen LogP contribution in [-0.4, -0.2) is 36.9 Å². The van der Waals surface area contributed by atoms with Gasteiger partial charge < -0.3 is 5.32 Å². The minimum atomic E-state index is -0.0556. The van der Waals surface area contributed by atoms with Gasteiger partial charge in [0.2, 0.25) is 0 Å². The lowest BCUT2D eigenvalue weighted by atomic mass is 10.1. The Morgan fingerprint density at radius 2 is 1.83 bits per heavy atom. The second-order valence-electron chi connectivity index (χ2n) is 9.21. The van der Waals surface area contributed by atoms with Crippen molar-refractivity contribution in [1.82, 2.24) is 30.3 Å². The summed E-state index contributed by atoms with van der Waals surface area (Å²) in [7, 11) is 0. The van der Waals surface area contributed by atoms with Crippen LogP contribution in [0.25, 0.3) is 22.3 Å². The summed E-state index contributed by atoms with van der Waals surface area (Å²) in [4.78, 5) is 16.8. The van der Waals surface area contributed by atoms with Crippen LogP contribution >= 0.6 is 0 Å². The van der Waals surface area contributed by atoms with E-state index in [4.69, 9.17) is 5.10 Å². The van der Waals surface area contributed by atoms with Crippen LogP contribution in [0.3, 0.4) is 0 Å². The monoisotopic (exact) mass is 484 g/mol. The topological polar surface area (TPSA) is 88.5 Å². The molecule has 1 aliphatic carbocycles. The highest BCUT2D eigenvalue weighted by Gasteiger charge is 2.25. The molecule has 7 nitrogen and oxygen atoms in total. The summed E-state index contributed by atoms with van der Waals surface area (Å²) >= 11 is 0. The maximum Gasteiger partial charge on any atom is 0.251 e. The first-order chi connectivity index (χ1) is 17.4. The predicted octanol–water partition coefficient (Wildman–Crippen LogP) is 5.58. The number of nitrogens with one attached hydrogen (secondary N) is 2. The number of nitrogens with zero attached hydrogens (tertiary/aromatic N) is 4. The van der Waals surface area contributed by atoms with E-state index in [1.165, 1.54) is 11.3 Å². The number of rotatable bonds is 5. The zero-order valence-corrected chi connectivity index (χ0v) is 22.0. The smallest absolute Gasteiger partial charge is 0.251 e. The van der Waals surface area contributed by atoms with Gasteiger partial charge in [-0.05, 0) is 63.3 Å². The van der Waals surface area contributed by atoms with E-state index >= 15 is 0 Å². The summed E-state index contributed by atoms with van der Waals surface area (Å²) in [5.74, 6) is 0.598. The molecule has 3 aromatic heterocycles. The van der Waals surface area contributed by atoms with Crippen molar-refractivity contribution in [2.75, 3.05) is 0 Å². The number of terminal acetylenes is 1. The van der Waals surface area contributed by atoms with Gasteiger partial charge in [0.1, 0.15) is 0 Å². The number of H-pyrrole nitrogens is 1. The Balaban J connectivity index is 0.000000861. The van der Waals surface area contributed by atoms with Crippen molar-refractivity contribution in [3.63, 3.8) is 0 Å². The molecule has 188 valence electrons. The number of pyridine rings is 1. The zero-order valence-electron chi connectivity index (χ0n) is 22.0. The molecule has 5 rings (SSSR count). The van der Waals surface area contributed by atoms with Crippen molar-refractivity contribution in [1.29, 1.82) is 0 Å². The second kappa shape index (κ2) is 11.7. The van der Waals surface area contributed by atoms with Gasteiger partial charge in [-0.25, -0.2) is 4.98 Å². The lowest BCUT2D eigenvalue weighted by Gasteiger charge is -2.13. The molecular weight excluding hydrogens is 448 g/mol. The lowest BCUT2D eigenvalue weighted by molar-refractivity contribution is 0.0943. The average molecular weight is 485 g/mol. The number of fused-ring (bicyclic) bond motifs is 2. The highest BCUT2D eigenvalue weighted by atomic mass is 16.1. The first-order valence-electron chi connectivity index (χ1n) is 12.5. The minimum absolute atomic E-state index is 0.0188. The maximum atomic E-state index is 12.2. The summed E-state index contributed by atoms with van der Waals surface area (Å²) in [6, 6.07) is 9.95. The van der Waals surface area contributed by atoms with Gasteiger partial charge in [-0.15, -0.1) is 12.8 Å². The van der Waals surface area contributed by atoms with Crippen molar-refractivity contribution in [3.05, 3.63) is 65.1 Å². The van der Waals surface area contributed by atoms with Gasteiger partial charge in [0.05, 0.1) is 11.7 Å². The Kier molecular flexibility index (Phi) is 8.65. The summed E-state index contributed by atoms with van der Waals surface area (Å²) < 4.78 is 1.93. The van der Waals surface area contributed by atoms with Crippen LogP contribution < -0.4 is 5.32 Å². The van der Waals surface area contributed by atoms with Crippen molar-refractivity contribution in [2.45, 2.75) is 66.5 Å². The molecule has 0 aliphatic heterocycles. The van der Waals surface area contributed by atoms with E-state index in [0.717, 1.165) is 35.0 Å². The molecule has 0 saturated heterocycles. The molecule has 7 heteroatoms. The van der Waals surface area contributed by atoms with Gasteiger partial charge >= 0.3 is 0 Å². The van der Waals surface area contributed by atoms with Crippen LogP contribution in [0.2, 0.25) is 0 Å². The largest absolute Gasteiger partial charge is 0.350 e. The Hall–Kier alpha value is -3.92. The van der Waals surface area contributed by atoms with E-state index in [0.29, 0.717) is 17.1 Å². The lowest BCUT2D eigenvalue weighted by Crippen LogP contribution is -2.30. The molecule has 1 aliphatic rings. The molecule has 0 bridgehead atoms. The third-order valence-electron chi connectivity index (χ3n) is 6.18. The quantitative estimate of drug-likeness (QED) is 0.362. The van der Waals surface area contributed by atoms with Crippen LogP contribution in [0, 0.1) is 18.8 Å². The van der Waals surface area contributed by atoms with Gasteiger partial charge in [0.25, 0.3) is 5.91 Å². The Labute approximate surface area is 213 Å². The first kappa shape index (κ1) is 26.7. The number of aromatic amines is 1. The SMILES string of the molecule is C#C.CC.CC(C)NC(=O)c1ccc(C(C)n2cc3cc(-c4n[nH]c5c4C[C@H](C)C5)cnc3n2)cc1. The Morgan fingerprint density at radius 3 is 2.50 bits per heavy atom. The number of amides is 1. The van der Waals surface area contributed by atoms with Gasteiger partial charge in [-0.3, -0.25) is 14.6 Å². The average Bonchev–Trinajstić information content (AvgIpc) is 3.59. The first-order valence-corrected chi connectivity index (χ1v) is 12.5. The fourth-order valence-electron chi connectivity index (χ4n) is 4.47. The zero-order chi connectivity index (χ0) is 26.4. The van der Waals surface area contributed by atoms with Gasteiger partial charge in [-0.2, -0.15) is 10.2 Å². The molecule has 0 saturated carbocycles. The van der Waals surface area contributed by atoms with Crippen LogP contribution in [0.4, 0.5) is 0 Å². The summed E-state index contributed by atoms with van der Waals surface area (Å²) in [5, 5.41) is 16.4. The van der Waals surface area contributed by atoms with Crippen LogP contribution in [-0.2, 0) is 12.8 Å². The molecule has 4 aromatic rings. The summed E-state index contributed by atoms with van der Waals surface area (Å²) in [5.41, 5.74) is 7.06. The van der Waals surface area contributed by atoms with Crippen molar-refractivity contribution in [3.8, 4) is 24.1 Å². The molecule has 2 atom stereocenters. The van der Waals surface area contributed by atoms with Crippen LogP contribution in [0.5, 0.6) is 0 Å². The molecule has 36 heavy (non-hydrogen) atoms. The van der Waals surface area contributed by atoms with E-state index in [2.05, 4.69) is 53.3 Å². The Morgan fingerprint density at radius 1 is 1.14 bits per heavy atom. The van der Waals surface area contributed by atoms with E-state index < -0.39 is 0 Å². The van der Waals surface area contributed by atoms with Crippen molar-refractivity contribution < 1.29 is 4.79 Å². The molecule has 0 radical (unpaired) electrons. The molecular formula is C29H36N6O. The molecule has 3 heterocycles. The molecule has 1 amide bonds. The third kappa shape index (κ3) is 5.49. The van der Waals surface area contributed by atoms with Gasteiger partial charge in [-0.1, -0.05) is 32.9 Å². The fourth-order valence-corrected chi connectivity index (χ4v) is 4.47. The predicted molar refractivity (Wildman–Crippen MR) is 146 cm³/mol. The van der Waals surface area contributed by atoms with E-state index in [1.54, 1.807) is 0 Å². The van der Waals surface area contributed by atoms with Crippen LogP contribution in [0.15, 0.2) is 42.7 Å². The highest BCUT2D eigenvalue weighted by molar-refractivity contribution is 5.94. The van der Waals surface area contributed by atoms with Crippen molar-refractivity contribution >= 4 is 16.9 Å². The molecule has 2 N–H and O–H groups in total. The Bertz CT molecular complexity index is 1330.